The summed E-state index contributed by atoms with van der Waals surface area (Å²) in [6.45, 7) is 6.10. The Morgan fingerprint density at radius 2 is 1.95 bits per heavy atom. The van der Waals surface area contributed by atoms with Crippen molar-refractivity contribution in [2.24, 2.45) is 5.92 Å². The lowest BCUT2D eigenvalue weighted by molar-refractivity contribution is -0.118. The van der Waals surface area contributed by atoms with Crippen molar-refractivity contribution in [2.75, 3.05) is 25.0 Å². The van der Waals surface area contributed by atoms with E-state index in [-0.39, 0.29) is 17.7 Å². The Balaban J connectivity index is 1.88. The van der Waals surface area contributed by atoms with Crippen LogP contribution in [0.4, 0.5) is 5.69 Å². The largest absolute Gasteiger partial charge is 0.348 e. The van der Waals surface area contributed by atoms with Crippen molar-refractivity contribution in [2.45, 2.75) is 20.3 Å². The number of amides is 2. The van der Waals surface area contributed by atoms with E-state index in [1.165, 1.54) is 5.57 Å². The van der Waals surface area contributed by atoms with Crippen LogP contribution in [0.3, 0.4) is 0 Å². The van der Waals surface area contributed by atoms with Crippen LogP contribution in [-0.4, -0.2) is 31.4 Å². The van der Waals surface area contributed by atoms with Crippen molar-refractivity contribution in [1.29, 1.82) is 0 Å². The zero-order chi connectivity index (χ0) is 15.9. The van der Waals surface area contributed by atoms with Crippen molar-refractivity contribution in [3.63, 3.8) is 0 Å². The molecule has 118 valence electrons. The van der Waals surface area contributed by atoms with Gasteiger partial charge in [-0.1, -0.05) is 25.5 Å². The molecular formula is C17H23N3O2. The maximum Gasteiger partial charge on any atom is 0.251 e. The number of nitrogens with one attached hydrogen (secondary N) is 3. The minimum Gasteiger partial charge on any atom is -0.348 e. The van der Waals surface area contributed by atoms with Crippen LogP contribution < -0.4 is 16.0 Å². The second-order valence-electron chi connectivity index (χ2n) is 5.72. The molecule has 2 amide bonds. The Kier molecular flexibility index (Phi) is 5.72. The van der Waals surface area contributed by atoms with Gasteiger partial charge in [-0.2, -0.15) is 0 Å². The molecule has 5 nitrogen and oxygen atoms in total. The second kappa shape index (κ2) is 7.75. The molecule has 1 aromatic rings. The van der Waals surface area contributed by atoms with Crippen LogP contribution in [0, 0.1) is 5.92 Å². The molecule has 0 unspecified atom stereocenters. The van der Waals surface area contributed by atoms with E-state index in [1.54, 1.807) is 24.3 Å². The van der Waals surface area contributed by atoms with Gasteiger partial charge in [0.1, 0.15) is 0 Å². The Morgan fingerprint density at radius 3 is 2.55 bits per heavy atom. The summed E-state index contributed by atoms with van der Waals surface area (Å²) in [5.41, 5.74) is 2.56. The average Bonchev–Trinajstić information content (AvgIpc) is 2.54. The van der Waals surface area contributed by atoms with Gasteiger partial charge in [0.25, 0.3) is 5.91 Å². The first-order valence-electron chi connectivity index (χ1n) is 7.64. The lowest BCUT2D eigenvalue weighted by Gasteiger charge is -2.14. The van der Waals surface area contributed by atoms with Gasteiger partial charge in [0.15, 0.2) is 0 Å². The molecule has 0 aromatic heterocycles. The van der Waals surface area contributed by atoms with E-state index < -0.39 is 0 Å². The topological polar surface area (TPSA) is 70.2 Å². The van der Waals surface area contributed by atoms with Gasteiger partial charge in [0.05, 0.1) is 0 Å². The highest BCUT2D eigenvalue weighted by molar-refractivity contribution is 5.96. The van der Waals surface area contributed by atoms with E-state index in [4.69, 9.17) is 0 Å². The molecule has 0 aliphatic carbocycles. The van der Waals surface area contributed by atoms with E-state index in [0.717, 1.165) is 19.5 Å². The monoisotopic (exact) mass is 301 g/mol. The van der Waals surface area contributed by atoms with Crippen LogP contribution in [0.1, 0.15) is 30.6 Å². The Morgan fingerprint density at radius 1 is 1.23 bits per heavy atom. The predicted molar refractivity (Wildman–Crippen MR) is 87.8 cm³/mol. The Labute approximate surface area is 131 Å². The molecular weight excluding hydrogens is 278 g/mol. The number of benzene rings is 1. The molecule has 3 N–H and O–H groups in total. The summed E-state index contributed by atoms with van der Waals surface area (Å²) < 4.78 is 0. The fraction of sp³-hybridized carbons (Fsp3) is 0.412. The van der Waals surface area contributed by atoms with E-state index in [2.05, 4.69) is 22.0 Å². The van der Waals surface area contributed by atoms with Crippen molar-refractivity contribution in [3.8, 4) is 0 Å². The zero-order valence-corrected chi connectivity index (χ0v) is 13.1. The summed E-state index contributed by atoms with van der Waals surface area (Å²) in [4.78, 5) is 23.7. The summed E-state index contributed by atoms with van der Waals surface area (Å²) in [5, 5.41) is 8.97. The van der Waals surface area contributed by atoms with Gasteiger partial charge in [0.2, 0.25) is 5.91 Å². The van der Waals surface area contributed by atoms with E-state index in [1.807, 2.05) is 13.8 Å². The fourth-order valence-corrected chi connectivity index (χ4v) is 2.12. The van der Waals surface area contributed by atoms with Crippen molar-refractivity contribution in [1.82, 2.24) is 10.6 Å². The maximum atomic E-state index is 12.1. The van der Waals surface area contributed by atoms with Gasteiger partial charge < -0.3 is 16.0 Å². The van der Waals surface area contributed by atoms with Crippen LogP contribution in [0.2, 0.25) is 0 Å². The minimum absolute atomic E-state index is 0.0324. The van der Waals surface area contributed by atoms with Crippen LogP contribution >= 0.6 is 0 Å². The molecule has 0 bridgehead atoms. The third kappa shape index (κ3) is 4.70. The van der Waals surface area contributed by atoms with Gasteiger partial charge >= 0.3 is 0 Å². The molecule has 1 aliphatic rings. The summed E-state index contributed by atoms with van der Waals surface area (Å²) in [7, 11) is 0. The fourth-order valence-electron chi connectivity index (χ4n) is 2.12. The van der Waals surface area contributed by atoms with Crippen LogP contribution in [0.15, 0.2) is 35.9 Å². The first-order valence-corrected chi connectivity index (χ1v) is 7.64. The molecule has 0 radical (unpaired) electrons. The van der Waals surface area contributed by atoms with Crippen molar-refractivity contribution in [3.05, 3.63) is 41.5 Å². The Hall–Kier alpha value is -2.14. The third-order valence-electron chi connectivity index (χ3n) is 3.57. The quantitative estimate of drug-likeness (QED) is 0.728. The SMILES string of the molecule is CC(C)C(=O)Nc1ccc(C(=O)NCC2=CCNCC2)cc1. The first kappa shape index (κ1) is 16.2. The number of rotatable bonds is 5. The number of carbonyl (C=O) groups excluding carboxylic acids is 2. The molecule has 2 rings (SSSR count). The molecule has 1 aliphatic heterocycles. The van der Waals surface area contributed by atoms with Gasteiger partial charge in [0, 0.05) is 30.3 Å². The maximum absolute atomic E-state index is 12.1. The normalized spacial score (nSPS) is 14.4. The molecule has 0 fully saturated rings. The second-order valence-corrected chi connectivity index (χ2v) is 5.72. The Bertz CT molecular complexity index is 562. The molecule has 22 heavy (non-hydrogen) atoms. The molecule has 1 heterocycles. The van der Waals surface area contributed by atoms with Crippen LogP contribution in [-0.2, 0) is 4.79 Å². The molecule has 0 spiro atoms. The first-order chi connectivity index (χ1) is 10.6. The highest BCUT2D eigenvalue weighted by Gasteiger charge is 2.10. The summed E-state index contributed by atoms with van der Waals surface area (Å²) in [6, 6.07) is 6.95. The molecule has 0 saturated carbocycles. The number of hydrogen-bond donors (Lipinski definition) is 3. The minimum atomic E-state index is -0.0961. The number of hydrogen-bond acceptors (Lipinski definition) is 3. The van der Waals surface area contributed by atoms with Crippen LogP contribution in [0.5, 0.6) is 0 Å². The van der Waals surface area contributed by atoms with Gasteiger partial charge in [-0.25, -0.2) is 0 Å². The average molecular weight is 301 g/mol. The highest BCUT2D eigenvalue weighted by Crippen LogP contribution is 2.11. The standard InChI is InChI=1S/C17H23N3O2/c1-12(2)16(21)20-15-5-3-14(4-6-15)17(22)19-11-13-7-9-18-10-8-13/h3-7,12,18H,8-11H2,1-2H3,(H,19,22)(H,20,21). The van der Waals surface area contributed by atoms with E-state index >= 15 is 0 Å². The number of carbonyl (C=O) groups is 2. The van der Waals surface area contributed by atoms with Gasteiger partial charge in [-0.3, -0.25) is 9.59 Å². The van der Waals surface area contributed by atoms with E-state index in [9.17, 15) is 9.59 Å². The molecule has 0 saturated heterocycles. The number of anilines is 1. The molecule has 5 heteroatoms. The van der Waals surface area contributed by atoms with Gasteiger partial charge in [-0.05, 0) is 37.2 Å². The predicted octanol–water partition coefficient (Wildman–Crippen LogP) is 1.93. The lowest BCUT2D eigenvalue weighted by Crippen LogP contribution is -2.29. The zero-order valence-electron chi connectivity index (χ0n) is 13.1. The molecule has 0 atom stereocenters. The highest BCUT2D eigenvalue weighted by atomic mass is 16.2. The van der Waals surface area contributed by atoms with Crippen molar-refractivity contribution >= 4 is 17.5 Å². The van der Waals surface area contributed by atoms with Crippen LogP contribution in [0.25, 0.3) is 0 Å². The summed E-state index contributed by atoms with van der Waals surface area (Å²) in [5.74, 6) is -0.197. The van der Waals surface area contributed by atoms with Crippen molar-refractivity contribution < 1.29 is 9.59 Å². The third-order valence-corrected chi connectivity index (χ3v) is 3.57. The summed E-state index contributed by atoms with van der Waals surface area (Å²) in [6.07, 6.45) is 3.09. The van der Waals surface area contributed by atoms with Gasteiger partial charge in [-0.15, -0.1) is 0 Å². The smallest absolute Gasteiger partial charge is 0.251 e. The summed E-state index contributed by atoms with van der Waals surface area (Å²) >= 11 is 0. The molecule has 1 aromatic carbocycles. The lowest BCUT2D eigenvalue weighted by atomic mass is 10.1. The van der Waals surface area contributed by atoms with E-state index in [0.29, 0.717) is 17.8 Å².